The molecule has 7 heteroatoms. The Bertz CT molecular complexity index is 580. The third-order valence-corrected chi connectivity index (χ3v) is 3.94. The number of piperidine rings is 1. The number of nitro groups is 1. The van der Waals surface area contributed by atoms with Gasteiger partial charge in [0.25, 0.3) is 5.91 Å². The molecule has 1 saturated heterocycles. The molecule has 1 heterocycles. The van der Waals surface area contributed by atoms with Gasteiger partial charge >= 0.3 is 5.69 Å². The van der Waals surface area contributed by atoms with E-state index >= 15 is 0 Å². The van der Waals surface area contributed by atoms with Crippen LogP contribution in [0.2, 0.25) is 0 Å². The number of likely N-dealkylation sites (tertiary alicyclic amines) is 1. The molecule has 0 N–H and O–H groups in total. The van der Waals surface area contributed by atoms with Crippen LogP contribution in [0.4, 0.5) is 5.69 Å². The summed E-state index contributed by atoms with van der Waals surface area (Å²) >= 11 is 0. The van der Waals surface area contributed by atoms with E-state index in [4.69, 9.17) is 9.47 Å². The summed E-state index contributed by atoms with van der Waals surface area (Å²) in [4.78, 5) is 24.6. The third-order valence-electron chi connectivity index (χ3n) is 3.94. The Kier molecular flexibility index (Phi) is 5.41. The zero-order valence-corrected chi connectivity index (χ0v) is 13.7. The minimum absolute atomic E-state index is 0.0715. The summed E-state index contributed by atoms with van der Waals surface area (Å²) in [5.41, 5.74) is -0.211. The Morgan fingerprint density at radius 3 is 2.57 bits per heavy atom. The molecule has 1 aliphatic rings. The van der Waals surface area contributed by atoms with Gasteiger partial charge in [-0.05, 0) is 30.4 Å². The van der Waals surface area contributed by atoms with Crippen molar-refractivity contribution >= 4 is 11.6 Å². The molecule has 1 aliphatic heterocycles. The van der Waals surface area contributed by atoms with Crippen LogP contribution in [-0.2, 0) is 4.79 Å². The van der Waals surface area contributed by atoms with Gasteiger partial charge in [-0.1, -0.05) is 13.8 Å². The van der Waals surface area contributed by atoms with Crippen molar-refractivity contribution in [2.24, 2.45) is 11.8 Å². The summed E-state index contributed by atoms with van der Waals surface area (Å²) in [5.74, 6) is 1.21. The second kappa shape index (κ2) is 7.30. The molecule has 2 rings (SSSR count). The lowest BCUT2D eigenvalue weighted by Crippen LogP contribution is -2.44. The minimum atomic E-state index is -0.548. The Balaban J connectivity index is 2.02. The highest BCUT2D eigenvalue weighted by Crippen LogP contribution is 2.31. The third kappa shape index (κ3) is 4.34. The number of methoxy groups -OCH3 is 1. The molecule has 2 atom stereocenters. The second-order valence-corrected chi connectivity index (χ2v) is 6.12. The van der Waals surface area contributed by atoms with Crippen LogP contribution in [0.3, 0.4) is 0 Å². The first-order valence-corrected chi connectivity index (χ1v) is 7.63. The van der Waals surface area contributed by atoms with Gasteiger partial charge in [-0.15, -0.1) is 0 Å². The van der Waals surface area contributed by atoms with E-state index in [0.29, 0.717) is 30.7 Å². The highest BCUT2D eigenvalue weighted by Gasteiger charge is 2.26. The highest BCUT2D eigenvalue weighted by atomic mass is 16.6. The number of ether oxygens (including phenoxy) is 2. The summed E-state index contributed by atoms with van der Waals surface area (Å²) in [7, 11) is 1.43. The van der Waals surface area contributed by atoms with Crippen molar-refractivity contribution in [1.82, 2.24) is 4.90 Å². The van der Waals surface area contributed by atoms with Crippen LogP contribution in [0.5, 0.6) is 11.5 Å². The van der Waals surface area contributed by atoms with Crippen LogP contribution in [-0.4, -0.2) is 42.5 Å². The molecule has 0 spiro atoms. The molecule has 2 unspecified atom stereocenters. The largest absolute Gasteiger partial charge is 0.496 e. The zero-order valence-electron chi connectivity index (χ0n) is 13.7. The van der Waals surface area contributed by atoms with Crippen LogP contribution in [0.1, 0.15) is 20.3 Å². The average molecular weight is 322 g/mol. The molecule has 0 saturated carbocycles. The lowest BCUT2D eigenvalue weighted by Gasteiger charge is -2.34. The Morgan fingerprint density at radius 1 is 1.35 bits per heavy atom. The molecule has 7 nitrogen and oxygen atoms in total. The maximum absolute atomic E-state index is 12.3. The molecule has 0 bridgehead atoms. The number of rotatable bonds is 5. The molecule has 1 aromatic rings. The van der Waals surface area contributed by atoms with Gasteiger partial charge in [0, 0.05) is 13.1 Å². The summed E-state index contributed by atoms with van der Waals surface area (Å²) in [6.45, 7) is 5.44. The average Bonchev–Trinajstić information content (AvgIpc) is 2.51. The maximum atomic E-state index is 12.3. The topological polar surface area (TPSA) is 81.9 Å². The Morgan fingerprint density at radius 2 is 2.00 bits per heavy atom. The van der Waals surface area contributed by atoms with Crippen molar-refractivity contribution in [1.29, 1.82) is 0 Å². The fraction of sp³-hybridized carbons (Fsp3) is 0.562. The van der Waals surface area contributed by atoms with E-state index in [1.165, 1.54) is 19.2 Å². The van der Waals surface area contributed by atoms with E-state index in [9.17, 15) is 14.9 Å². The summed E-state index contributed by atoms with van der Waals surface area (Å²) in [6, 6.07) is 4.30. The minimum Gasteiger partial charge on any atom is -0.496 e. The molecule has 0 radical (unpaired) electrons. The standard InChI is InChI=1S/C16H22N2O5/c1-11-6-12(2)9-17(8-11)16(19)10-23-15-5-4-13(22-3)7-14(15)18(20)21/h4-5,7,11-12H,6,8-10H2,1-3H3. The van der Waals surface area contributed by atoms with E-state index in [0.717, 1.165) is 6.42 Å². The maximum Gasteiger partial charge on any atom is 0.314 e. The van der Waals surface area contributed by atoms with Gasteiger partial charge in [0.1, 0.15) is 5.75 Å². The second-order valence-electron chi connectivity index (χ2n) is 6.12. The van der Waals surface area contributed by atoms with Gasteiger partial charge in [0.15, 0.2) is 12.4 Å². The fourth-order valence-corrected chi connectivity index (χ4v) is 2.99. The van der Waals surface area contributed by atoms with Crippen molar-refractivity contribution in [3.63, 3.8) is 0 Å². The lowest BCUT2D eigenvalue weighted by atomic mass is 9.92. The molecule has 1 aromatic carbocycles. The first kappa shape index (κ1) is 17.1. The van der Waals surface area contributed by atoms with Gasteiger partial charge in [-0.25, -0.2) is 0 Å². The van der Waals surface area contributed by atoms with E-state index in [1.54, 1.807) is 11.0 Å². The number of benzene rings is 1. The zero-order chi connectivity index (χ0) is 17.0. The van der Waals surface area contributed by atoms with Crippen molar-refractivity contribution in [3.8, 4) is 11.5 Å². The highest BCUT2D eigenvalue weighted by molar-refractivity contribution is 5.78. The number of hydrogen-bond acceptors (Lipinski definition) is 5. The van der Waals surface area contributed by atoms with E-state index < -0.39 is 4.92 Å². The molecule has 0 aromatic heterocycles. The van der Waals surface area contributed by atoms with Crippen molar-refractivity contribution < 1.29 is 19.2 Å². The van der Waals surface area contributed by atoms with Crippen LogP contribution in [0.15, 0.2) is 18.2 Å². The number of carbonyl (C=O) groups excluding carboxylic acids is 1. The number of carbonyl (C=O) groups is 1. The van der Waals surface area contributed by atoms with Gasteiger partial charge in [-0.2, -0.15) is 0 Å². The molecular formula is C16H22N2O5. The van der Waals surface area contributed by atoms with Gasteiger partial charge in [0.05, 0.1) is 18.1 Å². The molecule has 23 heavy (non-hydrogen) atoms. The number of hydrogen-bond donors (Lipinski definition) is 0. The molecule has 1 amide bonds. The first-order valence-electron chi connectivity index (χ1n) is 7.63. The first-order chi connectivity index (χ1) is 10.9. The number of nitro benzene ring substituents is 1. The number of nitrogens with zero attached hydrogens (tertiary/aromatic N) is 2. The van der Waals surface area contributed by atoms with Crippen LogP contribution in [0.25, 0.3) is 0 Å². The summed E-state index contributed by atoms with van der Waals surface area (Å²) < 4.78 is 10.4. The van der Waals surface area contributed by atoms with Gasteiger partial charge in [-0.3, -0.25) is 14.9 Å². The molecular weight excluding hydrogens is 300 g/mol. The van der Waals surface area contributed by atoms with Gasteiger partial charge < -0.3 is 14.4 Å². The summed E-state index contributed by atoms with van der Waals surface area (Å²) in [6.07, 6.45) is 1.11. The van der Waals surface area contributed by atoms with Crippen molar-refractivity contribution in [2.45, 2.75) is 20.3 Å². The van der Waals surface area contributed by atoms with Crippen LogP contribution < -0.4 is 9.47 Å². The predicted molar refractivity (Wildman–Crippen MR) is 84.7 cm³/mol. The normalized spacial score (nSPS) is 20.9. The van der Waals surface area contributed by atoms with E-state index in [2.05, 4.69) is 13.8 Å². The number of amides is 1. The van der Waals surface area contributed by atoms with Crippen LogP contribution >= 0.6 is 0 Å². The van der Waals surface area contributed by atoms with Gasteiger partial charge in [0.2, 0.25) is 0 Å². The molecule has 1 fully saturated rings. The van der Waals surface area contributed by atoms with Crippen molar-refractivity contribution in [2.75, 3.05) is 26.8 Å². The SMILES string of the molecule is COc1ccc(OCC(=O)N2CC(C)CC(C)C2)c([N+](=O)[O-])c1. The molecule has 126 valence electrons. The fourth-order valence-electron chi connectivity index (χ4n) is 2.99. The van der Waals surface area contributed by atoms with E-state index in [1.807, 2.05) is 0 Å². The predicted octanol–water partition coefficient (Wildman–Crippen LogP) is 2.49. The smallest absolute Gasteiger partial charge is 0.314 e. The lowest BCUT2D eigenvalue weighted by molar-refractivity contribution is -0.385. The Labute approximate surface area is 135 Å². The summed E-state index contributed by atoms with van der Waals surface area (Å²) in [5, 5.41) is 11.1. The molecule has 0 aliphatic carbocycles. The van der Waals surface area contributed by atoms with Crippen molar-refractivity contribution in [3.05, 3.63) is 28.3 Å². The van der Waals surface area contributed by atoms with Crippen LogP contribution in [0, 0.1) is 22.0 Å². The van der Waals surface area contributed by atoms with E-state index in [-0.39, 0.29) is 24.0 Å². The monoisotopic (exact) mass is 322 g/mol. The quantitative estimate of drug-likeness (QED) is 0.614. The Hall–Kier alpha value is -2.31.